The van der Waals surface area contributed by atoms with Gasteiger partial charge in [0, 0.05) is 17.0 Å². The molecule has 1 saturated heterocycles. The highest BCUT2D eigenvalue weighted by atomic mass is 35.5. The molecular formula is C17H17Cl2N5S. The van der Waals surface area contributed by atoms with Crippen LogP contribution in [0.2, 0.25) is 10.2 Å². The second kappa shape index (κ2) is 8.24. The summed E-state index contributed by atoms with van der Waals surface area (Å²) < 4.78 is 0. The zero-order chi connectivity index (χ0) is 17.8. The summed E-state index contributed by atoms with van der Waals surface area (Å²) in [7, 11) is 2.13. The fourth-order valence-corrected chi connectivity index (χ4v) is 3.66. The first-order valence-electron chi connectivity index (χ1n) is 7.83. The van der Waals surface area contributed by atoms with E-state index in [4.69, 9.17) is 28.9 Å². The molecule has 2 aromatic heterocycles. The Bertz CT molecular complexity index is 826. The maximum Gasteiger partial charge on any atom is 0.158 e. The second-order valence-electron chi connectivity index (χ2n) is 5.80. The van der Waals surface area contributed by atoms with Crippen LogP contribution in [0.3, 0.4) is 0 Å². The molecule has 0 atom stereocenters. The third kappa shape index (κ3) is 4.77. The SMILES string of the molecule is CN1CCC(C#Cc2nccc(Sc3ncc(Cl)nc3N)c2Cl)CC1. The van der Waals surface area contributed by atoms with Crippen molar-refractivity contribution in [2.75, 3.05) is 25.9 Å². The van der Waals surface area contributed by atoms with Crippen LogP contribution in [0.5, 0.6) is 0 Å². The molecule has 0 radical (unpaired) electrons. The number of halogens is 2. The number of likely N-dealkylation sites (tertiary alicyclic amines) is 1. The first-order chi connectivity index (χ1) is 12.0. The lowest BCUT2D eigenvalue weighted by molar-refractivity contribution is 0.248. The van der Waals surface area contributed by atoms with Gasteiger partial charge in [0.25, 0.3) is 0 Å². The van der Waals surface area contributed by atoms with E-state index in [1.54, 1.807) is 6.20 Å². The van der Waals surface area contributed by atoms with Crippen molar-refractivity contribution in [3.63, 3.8) is 0 Å². The fourth-order valence-electron chi connectivity index (χ4n) is 2.47. The third-order valence-electron chi connectivity index (χ3n) is 3.91. The molecule has 2 aromatic rings. The fraction of sp³-hybridized carbons (Fsp3) is 0.353. The van der Waals surface area contributed by atoms with Crippen molar-refractivity contribution in [1.82, 2.24) is 19.9 Å². The van der Waals surface area contributed by atoms with E-state index in [0.717, 1.165) is 30.8 Å². The van der Waals surface area contributed by atoms with Crippen LogP contribution >= 0.6 is 35.0 Å². The van der Waals surface area contributed by atoms with Crippen LogP contribution in [0.1, 0.15) is 18.5 Å². The lowest BCUT2D eigenvalue weighted by atomic mass is 9.98. The van der Waals surface area contributed by atoms with E-state index in [1.165, 1.54) is 18.0 Å². The number of anilines is 1. The Kier molecular flexibility index (Phi) is 6.02. The number of piperidine rings is 1. The maximum atomic E-state index is 6.47. The maximum absolute atomic E-state index is 6.47. The number of nitrogens with two attached hydrogens (primary N) is 1. The summed E-state index contributed by atoms with van der Waals surface area (Å²) in [5, 5.41) is 1.31. The van der Waals surface area contributed by atoms with E-state index in [0.29, 0.717) is 21.7 Å². The Morgan fingerprint density at radius 1 is 1.28 bits per heavy atom. The van der Waals surface area contributed by atoms with Gasteiger partial charge in [0.2, 0.25) is 0 Å². The molecule has 3 heterocycles. The molecule has 0 bridgehead atoms. The number of nitrogens with zero attached hydrogens (tertiary/aromatic N) is 4. The molecule has 130 valence electrons. The molecule has 1 aliphatic heterocycles. The predicted octanol–water partition coefficient (Wildman–Crippen LogP) is 3.61. The molecule has 8 heteroatoms. The number of pyridine rings is 1. The summed E-state index contributed by atoms with van der Waals surface area (Å²) in [6, 6.07) is 1.81. The smallest absolute Gasteiger partial charge is 0.158 e. The molecule has 25 heavy (non-hydrogen) atoms. The Hall–Kier alpha value is -1.52. The molecule has 2 N–H and O–H groups in total. The summed E-state index contributed by atoms with van der Waals surface area (Å²) in [6.07, 6.45) is 5.29. The van der Waals surface area contributed by atoms with Gasteiger partial charge in [-0.1, -0.05) is 40.9 Å². The minimum Gasteiger partial charge on any atom is -0.381 e. The number of nitrogen functional groups attached to an aromatic ring is 1. The summed E-state index contributed by atoms with van der Waals surface area (Å²) in [6.45, 7) is 2.15. The van der Waals surface area contributed by atoms with E-state index < -0.39 is 0 Å². The van der Waals surface area contributed by atoms with Gasteiger partial charge in [0.15, 0.2) is 5.82 Å². The molecular weight excluding hydrogens is 377 g/mol. The Balaban J connectivity index is 1.78. The first kappa shape index (κ1) is 18.3. The quantitative estimate of drug-likeness (QED) is 0.785. The minimum atomic E-state index is 0.257. The normalized spacial score (nSPS) is 15.6. The van der Waals surface area contributed by atoms with E-state index in [2.05, 4.69) is 38.7 Å². The Morgan fingerprint density at radius 2 is 2.04 bits per heavy atom. The predicted molar refractivity (Wildman–Crippen MR) is 102 cm³/mol. The lowest BCUT2D eigenvalue weighted by Gasteiger charge is -2.25. The number of hydrogen-bond acceptors (Lipinski definition) is 6. The lowest BCUT2D eigenvalue weighted by Crippen LogP contribution is -2.29. The van der Waals surface area contributed by atoms with Crippen molar-refractivity contribution in [2.45, 2.75) is 22.8 Å². The van der Waals surface area contributed by atoms with Crippen molar-refractivity contribution in [3.8, 4) is 11.8 Å². The Morgan fingerprint density at radius 3 is 2.76 bits per heavy atom. The van der Waals surface area contributed by atoms with Crippen molar-refractivity contribution < 1.29 is 0 Å². The summed E-state index contributed by atoms with van der Waals surface area (Å²) in [5.74, 6) is 7.10. The molecule has 1 aliphatic rings. The van der Waals surface area contributed by atoms with Crippen LogP contribution in [-0.4, -0.2) is 40.0 Å². The van der Waals surface area contributed by atoms with Crippen molar-refractivity contribution in [1.29, 1.82) is 0 Å². The van der Waals surface area contributed by atoms with Crippen molar-refractivity contribution in [2.24, 2.45) is 5.92 Å². The molecule has 0 spiro atoms. The molecule has 5 nitrogen and oxygen atoms in total. The highest BCUT2D eigenvalue weighted by molar-refractivity contribution is 7.99. The largest absolute Gasteiger partial charge is 0.381 e. The van der Waals surface area contributed by atoms with E-state index in [9.17, 15) is 0 Å². The van der Waals surface area contributed by atoms with Crippen LogP contribution in [-0.2, 0) is 0 Å². The molecule has 3 rings (SSSR count). The van der Waals surface area contributed by atoms with Gasteiger partial charge in [0.05, 0.1) is 11.2 Å². The zero-order valence-electron chi connectivity index (χ0n) is 13.7. The van der Waals surface area contributed by atoms with Gasteiger partial charge >= 0.3 is 0 Å². The van der Waals surface area contributed by atoms with E-state index in [1.807, 2.05) is 6.07 Å². The highest BCUT2D eigenvalue weighted by Gasteiger charge is 2.15. The van der Waals surface area contributed by atoms with Gasteiger partial charge in [-0.15, -0.1) is 0 Å². The molecule has 0 unspecified atom stereocenters. The minimum absolute atomic E-state index is 0.257. The van der Waals surface area contributed by atoms with Gasteiger partial charge in [-0.2, -0.15) is 0 Å². The first-order valence-corrected chi connectivity index (χ1v) is 9.40. The van der Waals surface area contributed by atoms with Gasteiger partial charge in [-0.25, -0.2) is 15.0 Å². The Labute approximate surface area is 161 Å². The van der Waals surface area contributed by atoms with Crippen LogP contribution < -0.4 is 5.73 Å². The number of aromatic nitrogens is 3. The van der Waals surface area contributed by atoms with Gasteiger partial charge in [0.1, 0.15) is 15.9 Å². The molecule has 0 aromatic carbocycles. The topological polar surface area (TPSA) is 67.9 Å². The summed E-state index contributed by atoms with van der Waals surface area (Å²) in [5.41, 5.74) is 6.43. The van der Waals surface area contributed by atoms with Crippen LogP contribution in [0.15, 0.2) is 28.4 Å². The van der Waals surface area contributed by atoms with Crippen molar-refractivity contribution >= 4 is 40.8 Å². The third-order valence-corrected chi connectivity index (χ3v) is 5.65. The van der Waals surface area contributed by atoms with Gasteiger partial charge in [-0.3, -0.25) is 0 Å². The van der Waals surface area contributed by atoms with Crippen LogP contribution in [0.4, 0.5) is 5.82 Å². The summed E-state index contributed by atoms with van der Waals surface area (Å²) in [4.78, 5) is 15.6. The van der Waals surface area contributed by atoms with E-state index >= 15 is 0 Å². The van der Waals surface area contributed by atoms with Gasteiger partial charge < -0.3 is 10.6 Å². The van der Waals surface area contributed by atoms with Gasteiger partial charge in [-0.05, 0) is 45.0 Å². The van der Waals surface area contributed by atoms with Crippen molar-refractivity contribution in [3.05, 3.63) is 34.3 Å². The average Bonchev–Trinajstić information content (AvgIpc) is 2.59. The highest BCUT2D eigenvalue weighted by Crippen LogP contribution is 2.35. The van der Waals surface area contributed by atoms with Crippen LogP contribution in [0, 0.1) is 17.8 Å². The zero-order valence-corrected chi connectivity index (χ0v) is 16.0. The van der Waals surface area contributed by atoms with E-state index in [-0.39, 0.29) is 11.0 Å². The molecule has 0 aliphatic carbocycles. The number of hydrogen-bond donors (Lipinski definition) is 1. The number of rotatable bonds is 2. The summed E-state index contributed by atoms with van der Waals surface area (Å²) >= 11 is 13.6. The molecule has 0 saturated carbocycles. The molecule has 1 fully saturated rings. The van der Waals surface area contributed by atoms with Crippen LogP contribution in [0.25, 0.3) is 0 Å². The standard InChI is InChI=1S/C17H17Cl2N5S/c1-24-8-5-11(6-9-24)2-3-12-15(19)13(4-7-21-12)25-17-16(20)23-14(18)10-22-17/h4,7,10-11H,5-6,8-9H2,1H3,(H2,20,23). The second-order valence-corrected chi connectivity index (χ2v) is 7.60. The monoisotopic (exact) mass is 393 g/mol. The average molecular weight is 394 g/mol. The molecule has 0 amide bonds.